The fourth-order valence-corrected chi connectivity index (χ4v) is 7.09. The molecule has 0 aromatic heterocycles. The molecule has 0 N–H and O–H groups in total. The van der Waals surface area contributed by atoms with Crippen LogP contribution in [0.15, 0.2) is 12.2 Å². The first-order valence-electron chi connectivity index (χ1n) is 17.8. The third-order valence-corrected chi connectivity index (χ3v) is 10.1. The standard InChI is InChI=1S/C9H16.C8H15F.C7H12F2.C7H13F.C7H14S/c1-8(2)7-9-5-3-4-6-9;1-7(2)6-8(9)4-3-5-8;1-5(2)3-6-4-7(6,8)9;1-6(2)5-7(8)3-4-7;1-6(2)3-7-4-8-5-7/h3,5,8-9H,4,6-7H2,1-2H3;7H,3-6H2,1-2H3;5-6H,3-4H2,1-2H3;6H,3-5H2,1-2H3;6-7H,3-5H2,1-2H3. The van der Waals surface area contributed by atoms with Crippen LogP contribution in [0.2, 0.25) is 0 Å². The first-order valence-corrected chi connectivity index (χ1v) is 19.0. The number of halogens is 4. The van der Waals surface area contributed by atoms with Gasteiger partial charge in [-0.2, -0.15) is 11.8 Å². The van der Waals surface area contributed by atoms with E-state index < -0.39 is 17.3 Å². The van der Waals surface area contributed by atoms with E-state index in [2.05, 4.69) is 79.3 Å². The first kappa shape index (κ1) is 40.8. The van der Waals surface area contributed by atoms with E-state index >= 15 is 0 Å². The lowest BCUT2D eigenvalue weighted by molar-refractivity contribution is 0.0406. The van der Waals surface area contributed by atoms with Crippen molar-refractivity contribution < 1.29 is 17.6 Å². The number of alkyl halides is 4. The molecule has 0 nitrogen and oxygen atoms in total. The molecule has 0 bridgehead atoms. The van der Waals surface area contributed by atoms with Crippen molar-refractivity contribution in [3.63, 3.8) is 0 Å². The smallest absolute Gasteiger partial charge is 0.244 e. The van der Waals surface area contributed by atoms with Gasteiger partial charge in [-0.15, -0.1) is 0 Å². The van der Waals surface area contributed by atoms with E-state index in [0.29, 0.717) is 24.2 Å². The zero-order chi connectivity index (χ0) is 32.8. The van der Waals surface area contributed by atoms with Crippen LogP contribution in [0.3, 0.4) is 0 Å². The average molecular weight is 635 g/mol. The number of hydrogen-bond acceptors (Lipinski definition) is 1. The summed E-state index contributed by atoms with van der Waals surface area (Å²) in [6.07, 6.45) is 16.9. The van der Waals surface area contributed by atoms with Crippen molar-refractivity contribution in [2.24, 2.45) is 47.3 Å². The predicted octanol–water partition coefficient (Wildman–Crippen LogP) is 13.5. The van der Waals surface area contributed by atoms with Crippen molar-refractivity contribution in [1.82, 2.24) is 0 Å². The molecule has 4 fully saturated rings. The van der Waals surface area contributed by atoms with Crippen LogP contribution in [0.5, 0.6) is 0 Å². The van der Waals surface area contributed by atoms with Gasteiger partial charge < -0.3 is 0 Å². The summed E-state index contributed by atoms with van der Waals surface area (Å²) in [5, 5.41) is 0. The topological polar surface area (TPSA) is 0 Å². The van der Waals surface area contributed by atoms with E-state index in [1.165, 1.54) is 37.2 Å². The number of hydrogen-bond donors (Lipinski definition) is 0. The Morgan fingerprint density at radius 1 is 0.651 bits per heavy atom. The van der Waals surface area contributed by atoms with Crippen LogP contribution < -0.4 is 0 Å². The van der Waals surface area contributed by atoms with Crippen LogP contribution in [0.1, 0.15) is 153 Å². The molecule has 256 valence electrons. The summed E-state index contributed by atoms with van der Waals surface area (Å²) < 4.78 is 50.2. The van der Waals surface area contributed by atoms with E-state index in [1.807, 2.05) is 13.8 Å². The van der Waals surface area contributed by atoms with E-state index in [1.54, 1.807) is 0 Å². The summed E-state index contributed by atoms with van der Waals surface area (Å²) in [7, 11) is 0. The first-order chi connectivity index (χ1) is 19.8. The maximum Gasteiger partial charge on any atom is 0.251 e. The van der Waals surface area contributed by atoms with E-state index in [9.17, 15) is 17.6 Å². The summed E-state index contributed by atoms with van der Waals surface area (Å²) >= 11 is 2.09. The zero-order valence-corrected chi connectivity index (χ0v) is 30.6. The second-order valence-electron chi connectivity index (χ2n) is 16.6. The molecule has 43 heavy (non-hydrogen) atoms. The molecule has 0 aromatic carbocycles. The van der Waals surface area contributed by atoms with Gasteiger partial charge in [0.15, 0.2) is 0 Å². The second-order valence-corrected chi connectivity index (χ2v) is 17.6. The van der Waals surface area contributed by atoms with Crippen molar-refractivity contribution in [3.8, 4) is 0 Å². The molecule has 1 aliphatic heterocycles. The zero-order valence-electron chi connectivity index (χ0n) is 29.8. The highest BCUT2D eigenvalue weighted by molar-refractivity contribution is 8.00. The van der Waals surface area contributed by atoms with Crippen LogP contribution in [0.25, 0.3) is 0 Å². The molecule has 0 spiro atoms. The fraction of sp³-hybridized carbons (Fsp3) is 0.947. The molecule has 0 aromatic rings. The lowest BCUT2D eigenvalue weighted by atomic mass is 9.77. The van der Waals surface area contributed by atoms with Gasteiger partial charge in [0.25, 0.3) is 5.92 Å². The van der Waals surface area contributed by atoms with Crippen LogP contribution >= 0.6 is 11.8 Å². The van der Waals surface area contributed by atoms with Crippen LogP contribution in [0.4, 0.5) is 17.6 Å². The SMILES string of the molecule is CC(C)CC1(F)CC1.CC(C)CC1(F)CCC1.CC(C)CC1C=CCC1.CC(C)CC1CC1(F)F.CC(C)CC1CSC1. The van der Waals surface area contributed by atoms with Gasteiger partial charge in [-0.25, -0.2) is 17.6 Å². The van der Waals surface area contributed by atoms with Gasteiger partial charge in [-0.05, 0) is 130 Å². The molecule has 1 saturated heterocycles. The molecule has 2 atom stereocenters. The summed E-state index contributed by atoms with van der Waals surface area (Å²) in [4.78, 5) is 0. The molecule has 2 unspecified atom stereocenters. The largest absolute Gasteiger partial charge is 0.251 e. The van der Waals surface area contributed by atoms with Gasteiger partial charge >= 0.3 is 0 Å². The molecule has 5 aliphatic rings. The minimum atomic E-state index is -2.30. The second kappa shape index (κ2) is 19.5. The van der Waals surface area contributed by atoms with Crippen molar-refractivity contribution >= 4 is 11.8 Å². The highest BCUT2D eigenvalue weighted by atomic mass is 32.2. The molecule has 0 amide bonds. The van der Waals surface area contributed by atoms with Crippen molar-refractivity contribution in [1.29, 1.82) is 0 Å². The van der Waals surface area contributed by atoms with Crippen molar-refractivity contribution in [3.05, 3.63) is 12.2 Å². The third-order valence-electron chi connectivity index (χ3n) is 8.70. The monoisotopic (exact) mass is 635 g/mol. The van der Waals surface area contributed by atoms with Crippen LogP contribution in [-0.4, -0.2) is 28.8 Å². The van der Waals surface area contributed by atoms with E-state index in [4.69, 9.17) is 0 Å². The Hall–Kier alpha value is -0.190. The predicted molar refractivity (Wildman–Crippen MR) is 184 cm³/mol. The highest BCUT2D eigenvalue weighted by Gasteiger charge is 2.56. The maximum atomic E-state index is 13.2. The minimum absolute atomic E-state index is 0.130. The normalized spacial score (nSPS) is 25.4. The Bertz CT molecular complexity index is 745. The summed E-state index contributed by atoms with van der Waals surface area (Å²) in [5.74, 6) is 5.50. The number of rotatable bonds is 10. The molecular formula is C38H70F4S. The minimum Gasteiger partial charge on any atom is -0.244 e. The Kier molecular flexibility index (Phi) is 18.5. The lowest BCUT2D eigenvalue weighted by Crippen LogP contribution is -2.32. The van der Waals surface area contributed by atoms with Crippen LogP contribution in [0, 0.1) is 47.3 Å². The number of allylic oxidation sites excluding steroid dienone is 2. The molecule has 0 radical (unpaired) electrons. The molecular weight excluding hydrogens is 564 g/mol. The number of thioether (sulfide) groups is 1. The van der Waals surface area contributed by atoms with Gasteiger partial charge in [-0.3, -0.25) is 0 Å². The Morgan fingerprint density at radius 2 is 1.12 bits per heavy atom. The average Bonchev–Trinajstić information content (AvgIpc) is 3.57. The van der Waals surface area contributed by atoms with Gasteiger partial charge in [-0.1, -0.05) is 81.4 Å². The van der Waals surface area contributed by atoms with E-state index in [0.717, 1.165) is 68.6 Å². The van der Waals surface area contributed by atoms with Gasteiger partial charge in [0.05, 0.1) is 0 Å². The molecule has 4 aliphatic carbocycles. The Morgan fingerprint density at radius 3 is 1.28 bits per heavy atom. The summed E-state index contributed by atoms with van der Waals surface area (Å²) in [6.45, 7) is 21.5. The van der Waals surface area contributed by atoms with Gasteiger partial charge in [0, 0.05) is 12.3 Å². The third kappa shape index (κ3) is 20.5. The fourth-order valence-electron chi connectivity index (χ4n) is 6.25. The molecule has 5 rings (SSSR count). The Labute approximate surface area is 269 Å². The molecule has 1 heterocycles. The van der Waals surface area contributed by atoms with Crippen molar-refractivity contribution in [2.75, 3.05) is 11.5 Å². The van der Waals surface area contributed by atoms with Crippen LogP contribution in [-0.2, 0) is 0 Å². The lowest BCUT2D eigenvalue weighted by Gasteiger charge is -2.35. The molecule has 5 heteroatoms. The van der Waals surface area contributed by atoms with Gasteiger partial charge in [0.1, 0.15) is 11.3 Å². The molecule has 3 saturated carbocycles. The summed E-state index contributed by atoms with van der Waals surface area (Å²) in [6, 6.07) is 0. The van der Waals surface area contributed by atoms with Crippen molar-refractivity contribution in [2.45, 2.75) is 170 Å². The quantitative estimate of drug-likeness (QED) is 0.170. The van der Waals surface area contributed by atoms with Gasteiger partial charge in [0.2, 0.25) is 0 Å². The maximum absolute atomic E-state index is 13.2. The summed E-state index contributed by atoms with van der Waals surface area (Å²) in [5.41, 5.74) is -1.48. The Balaban J connectivity index is 0.000000269. The highest BCUT2D eigenvalue weighted by Crippen LogP contribution is 2.51. The van der Waals surface area contributed by atoms with E-state index in [-0.39, 0.29) is 12.3 Å².